The van der Waals surface area contributed by atoms with E-state index in [1.165, 1.54) is 0 Å². The van der Waals surface area contributed by atoms with Crippen LogP contribution in [0.25, 0.3) is 5.76 Å². The fourth-order valence-corrected chi connectivity index (χ4v) is 4.38. The smallest absolute Gasteiger partial charge is 0.295 e. The van der Waals surface area contributed by atoms with Gasteiger partial charge in [-0.1, -0.05) is 58.4 Å². The number of hydrogen-bond acceptors (Lipinski definition) is 5. The van der Waals surface area contributed by atoms with E-state index in [9.17, 15) is 14.7 Å². The summed E-state index contributed by atoms with van der Waals surface area (Å²) in [7, 11) is 0. The molecule has 6 nitrogen and oxygen atoms in total. The van der Waals surface area contributed by atoms with Crippen molar-refractivity contribution in [1.29, 1.82) is 0 Å². The van der Waals surface area contributed by atoms with Crippen LogP contribution in [-0.4, -0.2) is 66.0 Å². The van der Waals surface area contributed by atoms with Crippen molar-refractivity contribution in [1.82, 2.24) is 9.80 Å². The minimum absolute atomic E-state index is 0.131. The van der Waals surface area contributed by atoms with Crippen LogP contribution in [0.15, 0.2) is 64.6 Å². The van der Waals surface area contributed by atoms with Crippen molar-refractivity contribution < 1.29 is 19.4 Å². The van der Waals surface area contributed by atoms with Gasteiger partial charge in [0.25, 0.3) is 11.7 Å². The molecule has 2 aliphatic rings. The molecular weight excluding hydrogens is 448 g/mol. The summed E-state index contributed by atoms with van der Waals surface area (Å²) in [5, 5.41) is 11.0. The molecule has 0 unspecified atom stereocenters. The number of ketones is 1. The summed E-state index contributed by atoms with van der Waals surface area (Å²) < 4.78 is 6.23. The quantitative estimate of drug-likeness (QED) is 0.412. The summed E-state index contributed by atoms with van der Waals surface area (Å²) in [4.78, 5) is 29.8. The summed E-state index contributed by atoms with van der Waals surface area (Å²) >= 11 is 3.47. The zero-order valence-electron chi connectivity index (χ0n) is 16.5. The number of hydrogen-bond donors (Lipinski definition) is 1. The Labute approximate surface area is 183 Å². The molecule has 1 amide bonds. The molecule has 7 heteroatoms. The maximum atomic E-state index is 13.0. The number of likely N-dealkylation sites (tertiary alicyclic amines) is 1. The van der Waals surface area contributed by atoms with Crippen LogP contribution < -0.4 is 0 Å². The highest BCUT2D eigenvalue weighted by atomic mass is 79.9. The van der Waals surface area contributed by atoms with Gasteiger partial charge in [-0.3, -0.25) is 14.5 Å². The molecule has 0 aliphatic carbocycles. The lowest BCUT2D eigenvalue weighted by Gasteiger charge is -2.31. The first kappa shape index (κ1) is 20.8. The Hall–Kier alpha value is -2.48. The van der Waals surface area contributed by atoms with E-state index in [0.29, 0.717) is 31.9 Å². The molecule has 0 spiro atoms. The van der Waals surface area contributed by atoms with E-state index in [1.807, 2.05) is 30.3 Å². The van der Waals surface area contributed by atoms with Gasteiger partial charge in [-0.05, 0) is 17.7 Å². The summed E-state index contributed by atoms with van der Waals surface area (Å²) in [6.45, 7) is 3.98. The van der Waals surface area contributed by atoms with E-state index < -0.39 is 17.7 Å². The summed E-state index contributed by atoms with van der Waals surface area (Å²) in [5.41, 5.74) is 1.43. The normalized spacial score (nSPS) is 21.9. The van der Waals surface area contributed by atoms with Crippen molar-refractivity contribution in [2.75, 3.05) is 39.4 Å². The molecule has 0 saturated carbocycles. The molecule has 2 aromatic carbocycles. The fourth-order valence-electron chi connectivity index (χ4n) is 3.96. The molecule has 4 rings (SSSR count). The maximum Gasteiger partial charge on any atom is 0.295 e. The Bertz CT molecular complexity index is 970. The topological polar surface area (TPSA) is 70.1 Å². The number of aliphatic hydroxyl groups is 1. The Morgan fingerprint density at radius 1 is 1.03 bits per heavy atom. The summed E-state index contributed by atoms with van der Waals surface area (Å²) in [6.07, 6.45) is 0. The molecule has 30 heavy (non-hydrogen) atoms. The first-order chi connectivity index (χ1) is 14.6. The highest BCUT2D eigenvalue weighted by Gasteiger charge is 2.46. The number of rotatable bonds is 5. The van der Waals surface area contributed by atoms with Gasteiger partial charge in [0, 0.05) is 36.2 Å². The molecule has 156 valence electrons. The number of Topliss-reactive ketones (excluding diaryl/α,β-unsaturated/α-hetero) is 1. The number of benzene rings is 2. The zero-order valence-corrected chi connectivity index (χ0v) is 18.0. The minimum atomic E-state index is -0.650. The largest absolute Gasteiger partial charge is 0.507 e. The first-order valence-electron chi connectivity index (χ1n) is 9.95. The lowest BCUT2D eigenvalue weighted by Crippen LogP contribution is -2.42. The van der Waals surface area contributed by atoms with Gasteiger partial charge in [0.05, 0.1) is 24.8 Å². The lowest BCUT2D eigenvalue weighted by atomic mass is 9.95. The number of ether oxygens (including phenoxy) is 1. The standard InChI is InChI=1S/C23H23BrN2O4/c24-18-8-4-7-17(15-18)20-19(21(27)16-5-2-1-3-6-16)22(28)23(29)26(20)10-9-25-11-13-30-14-12-25/h1-8,15,20,27H,9-14H2/t20-/m0/s1. The average Bonchev–Trinajstić information content (AvgIpc) is 3.03. The SMILES string of the molecule is O=C1C(=O)N(CCN2CCOCC2)[C@@H](c2cccc(Br)c2)C1=C(O)c1ccccc1. The van der Waals surface area contributed by atoms with Crippen LogP contribution in [0.2, 0.25) is 0 Å². The molecule has 2 aliphatic heterocycles. The van der Waals surface area contributed by atoms with Gasteiger partial charge in [0.2, 0.25) is 0 Å². The van der Waals surface area contributed by atoms with E-state index >= 15 is 0 Å². The van der Waals surface area contributed by atoms with Crippen LogP contribution in [-0.2, 0) is 14.3 Å². The molecule has 2 heterocycles. The number of amides is 1. The Kier molecular flexibility index (Phi) is 6.32. The molecule has 2 saturated heterocycles. The minimum Gasteiger partial charge on any atom is -0.507 e. The molecule has 2 fully saturated rings. The molecule has 0 aromatic heterocycles. The Morgan fingerprint density at radius 2 is 1.77 bits per heavy atom. The third-order valence-corrected chi connectivity index (χ3v) is 6.01. The molecule has 1 atom stereocenters. The monoisotopic (exact) mass is 470 g/mol. The van der Waals surface area contributed by atoms with Gasteiger partial charge < -0.3 is 14.7 Å². The second kappa shape index (κ2) is 9.12. The molecule has 0 bridgehead atoms. The number of halogens is 1. The average molecular weight is 471 g/mol. The van der Waals surface area contributed by atoms with Crippen molar-refractivity contribution >= 4 is 33.4 Å². The number of morpholine rings is 1. The van der Waals surface area contributed by atoms with Crippen molar-refractivity contribution in [3.05, 3.63) is 75.8 Å². The van der Waals surface area contributed by atoms with Gasteiger partial charge in [-0.15, -0.1) is 0 Å². The first-order valence-corrected chi connectivity index (χ1v) is 10.7. The predicted octanol–water partition coefficient (Wildman–Crippen LogP) is 3.20. The molecule has 0 radical (unpaired) electrons. The number of carbonyl (C=O) groups is 2. The van der Waals surface area contributed by atoms with Crippen LogP contribution in [0.3, 0.4) is 0 Å². The van der Waals surface area contributed by atoms with E-state index in [2.05, 4.69) is 20.8 Å². The maximum absolute atomic E-state index is 13.0. The number of carbonyl (C=O) groups excluding carboxylic acids is 2. The van der Waals surface area contributed by atoms with E-state index in [0.717, 1.165) is 23.1 Å². The number of nitrogens with zero attached hydrogens (tertiary/aromatic N) is 2. The number of aliphatic hydroxyl groups excluding tert-OH is 1. The second-order valence-electron chi connectivity index (χ2n) is 7.37. The third kappa shape index (κ3) is 4.19. The van der Waals surface area contributed by atoms with Crippen molar-refractivity contribution in [3.8, 4) is 0 Å². The molecule has 1 N–H and O–H groups in total. The van der Waals surface area contributed by atoms with Crippen LogP contribution in [0.4, 0.5) is 0 Å². The van der Waals surface area contributed by atoms with Crippen molar-refractivity contribution in [2.24, 2.45) is 0 Å². The molecular formula is C23H23BrN2O4. The molecule has 2 aromatic rings. The van der Waals surface area contributed by atoms with E-state index in [1.54, 1.807) is 29.2 Å². The van der Waals surface area contributed by atoms with E-state index in [-0.39, 0.29) is 11.3 Å². The highest BCUT2D eigenvalue weighted by molar-refractivity contribution is 9.10. The van der Waals surface area contributed by atoms with Gasteiger partial charge in [-0.2, -0.15) is 0 Å². The summed E-state index contributed by atoms with van der Waals surface area (Å²) in [5.74, 6) is -1.37. The Morgan fingerprint density at radius 3 is 2.47 bits per heavy atom. The van der Waals surface area contributed by atoms with Gasteiger partial charge in [0.1, 0.15) is 5.76 Å². The van der Waals surface area contributed by atoms with Gasteiger partial charge in [0.15, 0.2) is 0 Å². The van der Waals surface area contributed by atoms with Crippen LogP contribution in [0.5, 0.6) is 0 Å². The van der Waals surface area contributed by atoms with Crippen LogP contribution >= 0.6 is 15.9 Å². The van der Waals surface area contributed by atoms with Gasteiger partial charge >= 0.3 is 0 Å². The van der Waals surface area contributed by atoms with Crippen LogP contribution in [0.1, 0.15) is 17.2 Å². The van der Waals surface area contributed by atoms with E-state index in [4.69, 9.17) is 4.74 Å². The summed E-state index contributed by atoms with van der Waals surface area (Å²) in [6, 6.07) is 15.8. The van der Waals surface area contributed by atoms with Crippen LogP contribution in [0, 0.1) is 0 Å². The zero-order chi connectivity index (χ0) is 21.1. The van der Waals surface area contributed by atoms with Gasteiger partial charge in [-0.25, -0.2) is 0 Å². The highest BCUT2D eigenvalue weighted by Crippen LogP contribution is 2.39. The third-order valence-electron chi connectivity index (χ3n) is 5.51. The fraction of sp³-hybridized carbons (Fsp3) is 0.304. The van der Waals surface area contributed by atoms with Crippen molar-refractivity contribution in [2.45, 2.75) is 6.04 Å². The lowest BCUT2D eigenvalue weighted by molar-refractivity contribution is -0.140. The second-order valence-corrected chi connectivity index (χ2v) is 8.28. The Balaban J connectivity index is 1.73. The van der Waals surface area contributed by atoms with Crippen molar-refractivity contribution in [3.63, 3.8) is 0 Å². The predicted molar refractivity (Wildman–Crippen MR) is 117 cm³/mol.